The summed E-state index contributed by atoms with van der Waals surface area (Å²) in [5.41, 5.74) is 1.86. The molecule has 1 aromatic heterocycles. The second-order valence-corrected chi connectivity index (χ2v) is 5.91. The highest BCUT2D eigenvalue weighted by molar-refractivity contribution is 8.14. The maximum absolute atomic E-state index is 12.5. The quantitative estimate of drug-likeness (QED) is 0.870. The highest BCUT2D eigenvalue weighted by Gasteiger charge is 2.28. The predicted molar refractivity (Wildman–Crippen MR) is 85.8 cm³/mol. The van der Waals surface area contributed by atoms with Crippen LogP contribution in [0.4, 0.5) is 5.69 Å². The number of anilines is 1. The predicted octanol–water partition coefficient (Wildman–Crippen LogP) is 1.95. The first kappa shape index (κ1) is 13.9. The minimum Gasteiger partial charge on any atom is -0.311 e. The third-order valence-electron chi connectivity index (χ3n) is 3.37. The van der Waals surface area contributed by atoms with Gasteiger partial charge in [0.05, 0.1) is 16.9 Å². The number of aryl methyl sites for hydroxylation is 1. The summed E-state index contributed by atoms with van der Waals surface area (Å²) in [5.74, 6) is 0.689. The lowest BCUT2D eigenvalue weighted by Crippen LogP contribution is -2.35. The van der Waals surface area contributed by atoms with Gasteiger partial charge in [-0.05, 0) is 0 Å². The summed E-state index contributed by atoms with van der Waals surface area (Å²) in [5, 5.41) is 5.03. The average molecular weight is 300 g/mol. The van der Waals surface area contributed by atoms with Crippen LogP contribution < -0.4 is 4.90 Å². The number of nitrogens with zero attached hydrogens (tertiary/aromatic N) is 4. The van der Waals surface area contributed by atoms with Crippen LogP contribution in [-0.2, 0) is 11.8 Å². The summed E-state index contributed by atoms with van der Waals surface area (Å²) in [6, 6.07) is 9.65. The molecule has 2 aromatic rings. The van der Waals surface area contributed by atoms with Crippen LogP contribution in [0.5, 0.6) is 0 Å². The fourth-order valence-corrected chi connectivity index (χ4v) is 3.21. The van der Waals surface area contributed by atoms with Gasteiger partial charge in [-0.2, -0.15) is 5.10 Å². The smallest absolute Gasteiger partial charge is 0.252 e. The molecule has 0 aliphatic carbocycles. The largest absolute Gasteiger partial charge is 0.311 e. The van der Waals surface area contributed by atoms with Crippen molar-refractivity contribution in [3.05, 3.63) is 48.3 Å². The first-order chi connectivity index (χ1) is 10.1. The summed E-state index contributed by atoms with van der Waals surface area (Å²) in [7, 11) is 3.60. The van der Waals surface area contributed by atoms with Gasteiger partial charge in [-0.15, -0.1) is 11.8 Å². The van der Waals surface area contributed by atoms with Gasteiger partial charge in [0.2, 0.25) is 0 Å². The minimum absolute atomic E-state index is 0.00133. The lowest BCUT2D eigenvalue weighted by atomic mass is 10.2. The highest BCUT2D eigenvalue weighted by atomic mass is 32.2. The Labute approximate surface area is 127 Å². The van der Waals surface area contributed by atoms with Gasteiger partial charge in [0.25, 0.3) is 5.91 Å². The van der Waals surface area contributed by atoms with Crippen LogP contribution in [0.2, 0.25) is 0 Å². The van der Waals surface area contributed by atoms with E-state index in [1.54, 1.807) is 34.6 Å². The fraction of sp³-hybridized carbons (Fsp3) is 0.267. The van der Waals surface area contributed by atoms with E-state index in [4.69, 9.17) is 0 Å². The van der Waals surface area contributed by atoms with Gasteiger partial charge < -0.3 is 4.90 Å². The van der Waals surface area contributed by atoms with Crippen molar-refractivity contribution < 1.29 is 4.79 Å². The molecule has 0 fully saturated rings. The number of hydrogen-bond donors (Lipinski definition) is 0. The SMILES string of the molecule is CN(C(=O)[C@@H]1CSC(c2ccccc2)=N1)c1cnn(C)c1. The van der Waals surface area contributed by atoms with Crippen molar-refractivity contribution in [1.82, 2.24) is 9.78 Å². The molecule has 1 aromatic carbocycles. The van der Waals surface area contributed by atoms with Crippen molar-refractivity contribution in [2.45, 2.75) is 6.04 Å². The molecule has 5 nitrogen and oxygen atoms in total. The van der Waals surface area contributed by atoms with Gasteiger partial charge in [0, 0.05) is 31.6 Å². The van der Waals surface area contributed by atoms with Crippen LogP contribution in [0.25, 0.3) is 0 Å². The number of likely N-dealkylation sites (N-methyl/N-ethyl adjacent to an activating group) is 1. The standard InChI is InChI=1S/C15H16N4OS/c1-18-9-12(8-16-18)19(2)15(20)13-10-21-14(17-13)11-6-4-3-5-7-11/h3-9,13H,10H2,1-2H3/t13-/m0/s1. The molecule has 2 heterocycles. The monoisotopic (exact) mass is 300 g/mol. The van der Waals surface area contributed by atoms with E-state index in [1.807, 2.05) is 43.6 Å². The van der Waals surface area contributed by atoms with Crippen LogP contribution in [-0.4, -0.2) is 39.6 Å². The molecule has 0 unspecified atom stereocenters. The number of benzene rings is 1. The summed E-state index contributed by atoms with van der Waals surface area (Å²) in [6.07, 6.45) is 3.50. The topological polar surface area (TPSA) is 50.5 Å². The Morgan fingerprint density at radius 3 is 2.81 bits per heavy atom. The number of hydrogen-bond acceptors (Lipinski definition) is 4. The summed E-state index contributed by atoms with van der Waals surface area (Å²) >= 11 is 1.63. The molecule has 1 aliphatic heterocycles. The third kappa shape index (κ3) is 2.85. The molecule has 3 rings (SSSR count). The lowest BCUT2D eigenvalue weighted by molar-refractivity contribution is -0.118. The van der Waals surface area contributed by atoms with Crippen molar-refractivity contribution in [2.24, 2.45) is 12.0 Å². The third-order valence-corrected chi connectivity index (χ3v) is 4.46. The maximum Gasteiger partial charge on any atom is 0.252 e. The Bertz CT molecular complexity index is 680. The zero-order chi connectivity index (χ0) is 14.8. The zero-order valence-corrected chi connectivity index (χ0v) is 12.7. The number of thioether (sulfide) groups is 1. The average Bonchev–Trinajstić information content (AvgIpc) is 3.16. The molecule has 108 valence electrons. The first-order valence-corrected chi connectivity index (χ1v) is 7.66. The Morgan fingerprint density at radius 1 is 1.38 bits per heavy atom. The van der Waals surface area contributed by atoms with Gasteiger partial charge in [0.1, 0.15) is 6.04 Å². The number of aliphatic imine (C=N–C) groups is 1. The number of aromatic nitrogens is 2. The number of amides is 1. The lowest BCUT2D eigenvalue weighted by Gasteiger charge is -2.17. The fourth-order valence-electron chi connectivity index (χ4n) is 2.17. The molecule has 1 amide bonds. The van der Waals surface area contributed by atoms with E-state index in [2.05, 4.69) is 10.1 Å². The molecule has 6 heteroatoms. The molecular formula is C15H16N4OS. The molecule has 1 aliphatic rings. The summed E-state index contributed by atoms with van der Waals surface area (Å²) in [4.78, 5) is 18.7. The second kappa shape index (κ2) is 5.73. The number of carbonyl (C=O) groups excluding carboxylic acids is 1. The molecule has 0 spiro atoms. The van der Waals surface area contributed by atoms with Crippen LogP contribution in [0.3, 0.4) is 0 Å². The van der Waals surface area contributed by atoms with Crippen LogP contribution in [0, 0.1) is 0 Å². The zero-order valence-electron chi connectivity index (χ0n) is 11.9. The molecule has 0 radical (unpaired) electrons. The Kier molecular flexibility index (Phi) is 3.79. The van der Waals surface area contributed by atoms with Crippen LogP contribution in [0.1, 0.15) is 5.56 Å². The number of rotatable bonds is 3. The van der Waals surface area contributed by atoms with Crippen LogP contribution >= 0.6 is 11.8 Å². The van der Waals surface area contributed by atoms with E-state index in [0.717, 1.165) is 16.3 Å². The Hall–Kier alpha value is -2.08. The van der Waals surface area contributed by atoms with Crippen molar-refractivity contribution in [3.8, 4) is 0 Å². The van der Waals surface area contributed by atoms with Gasteiger partial charge >= 0.3 is 0 Å². The van der Waals surface area contributed by atoms with E-state index in [9.17, 15) is 4.79 Å². The Morgan fingerprint density at radius 2 is 2.14 bits per heavy atom. The Balaban J connectivity index is 1.76. The summed E-state index contributed by atoms with van der Waals surface area (Å²) in [6.45, 7) is 0. The second-order valence-electron chi connectivity index (χ2n) is 4.90. The minimum atomic E-state index is -0.324. The van der Waals surface area contributed by atoms with Crippen molar-refractivity contribution in [2.75, 3.05) is 17.7 Å². The van der Waals surface area contributed by atoms with E-state index < -0.39 is 0 Å². The normalized spacial score (nSPS) is 17.6. The van der Waals surface area contributed by atoms with E-state index in [-0.39, 0.29) is 11.9 Å². The van der Waals surface area contributed by atoms with E-state index >= 15 is 0 Å². The summed E-state index contributed by atoms with van der Waals surface area (Å²) < 4.78 is 1.68. The van der Waals surface area contributed by atoms with Crippen molar-refractivity contribution in [3.63, 3.8) is 0 Å². The highest BCUT2D eigenvalue weighted by Crippen LogP contribution is 2.25. The molecule has 0 saturated heterocycles. The van der Waals surface area contributed by atoms with Gasteiger partial charge in [-0.1, -0.05) is 30.3 Å². The number of carbonyl (C=O) groups is 1. The van der Waals surface area contributed by atoms with Crippen molar-refractivity contribution >= 4 is 28.4 Å². The van der Waals surface area contributed by atoms with E-state index in [1.165, 1.54) is 0 Å². The molecule has 0 bridgehead atoms. The molecule has 0 saturated carbocycles. The maximum atomic E-state index is 12.5. The molecule has 21 heavy (non-hydrogen) atoms. The van der Waals surface area contributed by atoms with Gasteiger partial charge in [-0.25, -0.2) is 0 Å². The van der Waals surface area contributed by atoms with Gasteiger partial charge in [0.15, 0.2) is 0 Å². The first-order valence-electron chi connectivity index (χ1n) is 6.67. The van der Waals surface area contributed by atoms with Crippen molar-refractivity contribution in [1.29, 1.82) is 0 Å². The molecular weight excluding hydrogens is 284 g/mol. The molecule has 0 N–H and O–H groups in total. The van der Waals surface area contributed by atoms with E-state index in [0.29, 0.717) is 5.75 Å². The van der Waals surface area contributed by atoms with Gasteiger partial charge in [-0.3, -0.25) is 14.5 Å². The molecule has 1 atom stereocenters. The van der Waals surface area contributed by atoms with Crippen LogP contribution in [0.15, 0.2) is 47.7 Å².